The van der Waals surface area contributed by atoms with Gasteiger partial charge in [0, 0.05) is 0 Å². The quantitative estimate of drug-likeness (QED) is 0.443. The van der Waals surface area contributed by atoms with Crippen molar-refractivity contribution in [2.45, 2.75) is 25.1 Å². The van der Waals surface area contributed by atoms with Crippen LogP contribution < -0.4 is 11.2 Å². The zero-order valence-corrected chi connectivity index (χ0v) is 8.08. The zero-order chi connectivity index (χ0) is 12.8. The Hall–Kier alpha value is -1.35. The number of amides is 1. The van der Waals surface area contributed by atoms with Gasteiger partial charge in [-0.15, -0.1) is 0 Å². The van der Waals surface area contributed by atoms with Gasteiger partial charge in [0.25, 0.3) is 0 Å². The highest BCUT2D eigenvalue weighted by molar-refractivity contribution is 5.80. The smallest absolute Gasteiger partial charge is 0.473 e. The molecule has 16 heavy (non-hydrogen) atoms. The van der Waals surface area contributed by atoms with Crippen molar-refractivity contribution in [3.8, 4) is 0 Å². The third-order valence-corrected chi connectivity index (χ3v) is 1.50. The second-order valence-corrected chi connectivity index (χ2v) is 2.86. The first kappa shape index (κ1) is 14.6. The standard InChI is InChI=1S/C7H11F3N2O4/c8-7(9,10)6(15)12-16-3-1-2-4(11)5(13)14/h4H,1-3,11H2,(H,12,15)(H,13,14)/t4-/m0/s1. The number of nitrogens with one attached hydrogen (secondary N) is 1. The van der Waals surface area contributed by atoms with Crippen molar-refractivity contribution in [2.75, 3.05) is 6.61 Å². The van der Waals surface area contributed by atoms with Crippen LogP contribution >= 0.6 is 0 Å². The Morgan fingerprint density at radius 3 is 2.44 bits per heavy atom. The van der Waals surface area contributed by atoms with Crippen LogP contribution in [0.25, 0.3) is 0 Å². The summed E-state index contributed by atoms with van der Waals surface area (Å²) in [6.45, 7) is -0.247. The fourth-order valence-electron chi connectivity index (χ4n) is 0.673. The van der Waals surface area contributed by atoms with Crippen molar-refractivity contribution >= 4 is 11.9 Å². The van der Waals surface area contributed by atoms with E-state index in [1.54, 1.807) is 0 Å². The van der Waals surface area contributed by atoms with Crippen molar-refractivity contribution in [3.63, 3.8) is 0 Å². The molecule has 9 heteroatoms. The minimum absolute atomic E-state index is 0.0389. The van der Waals surface area contributed by atoms with Crippen molar-refractivity contribution in [1.82, 2.24) is 5.48 Å². The Bertz CT molecular complexity index is 257. The largest absolute Gasteiger partial charge is 0.480 e. The first-order valence-electron chi connectivity index (χ1n) is 4.22. The van der Waals surface area contributed by atoms with E-state index in [9.17, 15) is 22.8 Å². The number of hydrogen-bond donors (Lipinski definition) is 3. The van der Waals surface area contributed by atoms with Crippen molar-refractivity contribution in [2.24, 2.45) is 5.73 Å². The summed E-state index contributed by atoms with van der Waals surface area (Å²) in [5.41, 5.74) is 6.28. The molecule has 0 heterocycles. The lowest BCUT2D eigenvalue weighted by Crippen LogP contribution is -2.37. The highest BCUT2D eigenvalue weighted by Crippen LogP contribution is 2.13. The number of nitrogens with two attached hydrogens (primary N) is 1. The van der Waals surface area contributed by atoms with Crippen LogP contribution in [0.15, 0.2) is 0 Å². The minimum atomic E-state index is -5.00. The molecule has 0 radical (unpaired) electrons. The molecular weight excluding hydrogens is 233 g/mol. The lowest BCUT2D eigenvalue weighted by molar-refractivity contribution is -0.186. The van der Waals surface area contributed by atoms with Crippen molar-refractivity contribution in [3.05, 3.63) is 0 Å². The summed E-state index contributed by atoms with van der Waals surface area (Å²) in [6, 6.07) is -1.10. The van der Waals surface area contributed by atoms with Gasteiger partial charge < -0.3 is 10.8 Å². The summed E-state index contributed by atoms with van der Waals surface area (Å²) in [5, 5.41) is 8.35. The van der Waals surface area contributed by atoms with E-state index in [2.05, 4.69) is 4.84 Å². The molecule has 1 amide bonds. The highest BCUT2D eigenvalue weighted by Gasteiger charge is 2.38. The molecule has 0 aromatic carbocycles. The van der Waals surface area contributed by atoms with Gasteiger partial charge in [-0.1, -0.05) is 0 Å². The summed E-state index contributed by atoms with van der Waals surface area (Å²) in [4.78, 5) is 24.6. The molecule has 0 aromatic rings. The number of halogens is 3. The lowest BCUT2D eigenvalue weighted by atomic mass is 10.2. The van der Waals surface area contributed by atoms with Crippen LogP contribution in [-0.2, 0) is 14.4 Å². The average molecular weight is 244 g/mol. The van der Waals surface area contributed by atoms with Gasteiger partial charge in [-0.2, -0.15) is 13.2 Å². The maximum atomic E-state index is 11.6. The molecular formula is C7H11F3N2O4. The molecule has 0 saturated carbocycles. The molecule has 0 aromatic heterocycles. The third-order valence-electron chi connectivity index (χ3n) is 1.50. The number of carbonyl (C=O) groups is 2. The highest BCUT2D eigenvalue weighted by atomic mass is 19.4. The van der Waals surface area contributed by atoms with Crippen LogP contribution in [0, 0.1) is 0 Å². The van der Waals surface area contributed by atoms with Gasteiger partial charge in [0.2, 0.25) is 0 Å². The second kappa shape index (κ2) is 6.28. The van der Waals surface area contributed by atoms with Gasteiger partial charge >= 0.3 is 18.1 Å². The fourth-order valence-corrected chi connectivity index (χ4v) is 0.673. The van der Waals surface area contributed by atoms with E-state index in [-0.39, 0.29) is 19.4 Å². The first-order valence-corrected chi connectivity index (χ1v) is 4.22. The maximum absolute atomic E-state index is 11.6. The molecule has 0 aliphatic heterocycles. The molecule has 0 fully saturated rings. The molecule has 0 spiro atoms. The number of carboxylic acids is 1. The number of rotatable bonds is 6. The Labute approximate surface area is 88.5 Å². The van der Waals surface area contributed by atoms with Crippen molar-refractivity contribution < 1.29 is 32.7 Å². The van der Waals surface area contributed by atoms with Crippen LogP contribution in [0.2, 0.25) is 0 Å². The Kier molecular flexibility index (Phi) is 5.75. The zero-order valence-electron chi connectivity index (χ0n) is 8.08. The van der Waals surface area contributed by atoms with Crippen LogP contribution in [0.4, 0.5) is 13.2 Å². The van der Waals surface area contributed by atoms with Crippen LogP contribution in [-0.4, -0.2) is 35.8 Å². The minimum Gasteiger partial charge on any atom is -0.480 e. The topological polar surface area (TPSA) is 102 Å². The molecule has 0 rings (SSSR count). The maximum Gasteiger partial charge on any atom is 0.473 e. The van der Waals surface area contributed by atoms with Gasteiger partial charge in [-0.25, -0.2) is 5.48 Å². The van der Waals surface area contributed by atoms with Crippen LogP contribution in [0.1, 0.15) is 12.8 Å². The Morgan fingerprint density at radius 2 is 2.00 bits per heavy atom. The predicted molar refractivity (Wildman–Crippen MR) is 45.0 cm³/mol. The predicted octanol–water partition coefficient (Wildman–Crippen LogP) is -0.211. The van der Waals surface area contributed by atoms with Gasteiger partial charge in [0.15, 0.2) is 0 Å². The van der Waals surface area contributed by atoms with Gasteiger partial charge in [0.05, 0.1) is 6.61 Å². The Morgan fingerprint density at radius 1 is 1.44 bits per heavy atom. The van der Waals surface area contributed by atoms with Gasteiger partial charge in [0.1, 0.15) is 6.04 Å². The van der Waals surface area contributed by atoms with E-state index in [0.29, 0.717) is 0 Å². The van der Waals surface area contributed by atoms with Crippen LogP contribution in [0.3, 0.4) is 0 Å². The number of aliphatic carboxylic acids is 1. The SMILES string of the molecule is N[C@@H](CCCONC(=O)C(F)(F)F)C(=O)O. The molecule has 0 saturated heterocycles. The summed E-state index contributed by atoms with van der Waals surface area (Å²) < 4.78 is 34.8. The van der Waals surface area contributed by atoms with Gasteiger partial charge in [-0.3, -0.25) is 14.4 Å². The molecule has 1 atom stereocenters. The van der Waals surface area contributed by atoms with E-state index in [0.717, 1.165) is 0 Å². The molecule has 0 aliphatic carbocycles. The monoisotopic (exact) mass is 244 g/mol. The molecule has 0 bridgehead atoms. The number of carboxylic acid groups (broad SMARTS) is 1. The summed E-state index contributed by atoms with van der Waals surface area (Å²) in [6.07, 6.45) is -4.85. The number of hydroxylamine groups is 1. The molecule has 0 aliphatic rings. The summed E-state index contributed by atoms with van der Waals surface area (Å²) >= 11 is 0. The van der Waals surface area contributed by atoms with E-state index in [1.165, 1.54) is 5.48 Å². The van der Waals surface area contributed by atoms with E-state index in [1.807, 2.05) is 0 Å². The second-order valence-electron chi connectivity index (χ2n) is 2.86. The molecule has 94 valence electrons. The fraction of sp³-hybridized carbons (Fsp3) is 0.714. The van der Waals surface area contributed by atoms with Gasteiger partial charge in [-0.05, 0) is 12.8 Å². The number of alkyl halides is 3. The van der Waals surface area contributed by atoms with Crippen molar-refractivity contribution in [1.29, 1.82) is 0 Å². The summed E-state index contributed by atoms with van der Waals surface area (Å²) in [5.74, 6) is -3.42. The van der Waals surface area contributed by atoms with E-state index >= 15 is 0 Å². The Balaban J connectivity index is 3.55. The normalized spacial score (nSPS) is 13.2. The van der Waals surface area contributed by atoms with E-state index < -0.39 is 24.1 Å². The number of hydrogen-bond acceptors (Lipinski definition) is 4. The molecule has 4 N–H and O–H groups in total. The third kappa shape index (κ3) is 6.19. The average Bonchev–Trinajstić information content (AvgIpc) is 2.14. The molecule has 0 unspecified atom stereocenters. The first-order chi connectivity index (χ1) is 7.25. The molecule has 6 nitrogen and oxygen atoms in total. The van der Waals surface area contributed by atoms with Crippen LogP contribution in [0.5, 0.6) is 0 Å². The van der Waals surface area contributed by atoms with E-state index in [4.69, 9.17) is 10.8 Å². The lowest BCUT2D eigenvalue weighted by Gasteiger charge is -2.08. The number of carbonyl (C=O) groups excluding carboxylic acids is 1. The summed E-state index contributed by atoms with van der Waals surface area (Å²) in [7, 11) is 0.